The molecule has 0 amide bonds. The molecule has 4 heteroatoms. The van der Waals surface area contributed by atoms with E-state index in [4.69, 9.17) is 10.5 Å². The second kappa shape index (κ2) is 4.81. The Morgan fingerprint density at radius 3 is 2.81 bits per heavy atom. The first-order valence-electron chi connectivity index (χ1n) is 5.23. The Balaban J connectivity index is 2.37. The van der Waals surface area contributed by atoms with E-state index in [-0.39, 0.29) is 0 Å². The van der Waals surface area contributed by atoms with Gasteiger partial charge in [0.2, 0.25) is 0 Å². The number of rotatable bonds is 4. The molecule has 0 bridgehead atoms. The zero-order chi connectivity index (χ0) is 11.4. The van der Waals surface area contributed by atoms with Crippen molar-refractivity contribution in [1.29, 1.82) is 0 Å². The van der Waals surface area contributed by atoms with Crippen molar-refractivity contribution in [2.75, 3.05) is 13.2 Å². The number of aryl methyl sites for hydroxylation is 1. The van der Waals surface area contributed by atoms with Gasteiger partial charge in [0.05, 0.1) is 5.69 Å². The van der Waals surface area contributed by atoms with Gasteiger partial charge in [-0.2, -0.15) is 5.10 Å². The summed E-state index contributed by atoms with van der Waals surface area (Å²) < 4.78 is 7.42. The predicted molar refractivity (Wildman–Crippen MR) is 63.2 cm³/mol. The van der Waals surface area contributed by atoms with Crippen molar-refractivity contribution in [2.24, 2.45) is 12.8 Å². The number of aromatic nitrogens is 2. The molecule has 0 saturated carbocycles. The van der Waals surface area contributed by atoms with Crippen molar-refractivity contribution in [3.8, 4) is 17.0 Å². The Hall–Kier alpha value is -1.81. The molecular weight excluding hydrogens is 202 g/mol. The highest BCUT2D eigenvalue weighted by Gasteiger charge is 2.08. The fourth-order valence-corrected chi connectivity index (χ4v) is 1.61. The summed E-state index contributed by atoms with van der Waals surface area (Å²) in [5, 5.41) is 4.15. The summed E-state index contributed by atoms with van der Waals surface area (Å²) in [6.07, 6.45) is 1.77. The fourth-order valence-electron chi connectivity index (χ4n) is 1.61. The first-order valence-corrected chi connectivity index (χ1v) is 5.23. The molecule has 0 aliphatic heterocycles. The highest BCUT2D eigenvalue weighted by molar-refractivity contribution is 5.67. The summed E-state index contributed by atoms with van der Waals surface area (Å²) in [5.41, 5.74) is 7.51. The van der Waals surface area contributed by atoms with E-state index < -0.39 is 0 Å². The Morgan fingerprint density at radius 2 is 2.12 bits per heavy atom. The van der Waals surface area contributed by atoms with Gasteiger partial charge in [0.15, 0.2) is 0 Å². The third-order valence-electron chi connectivity index (χ3n) is 2.36. The van der Waals surface area contributed by atoms with E-state index in [0.29, 0.717) is 13.2 Å². The Morgan fingerprint density at radius 1 is 1.31 bits per heavy atom. The number of para-hydroxylation sites is 1. The maximum absolute atomic E-state index is 5.60. The van der Waals surface area contributed by atoms with E-state index >= 15 is 0 Å². The summed E-state index contributed by atoms with van der Waals surface area (Å²) in [4.78, 5) is 0. The van der Waals surface area contributed by atoms with Crippen molar-refractivity contribution in [2.45, 2.75) is 0 Å². The number of benzene rings is 1. The summed E-state index contributed by atoms with van der Waals surface area (Å²) in [7, 11) is 1.91. The van der Waals surface area contributed by atoms with Crippen LogP contribution < -0.4 is 10.5 Å². The molecule has 0 aliphatic carbocycles. The molecule has 1 aromatic heterocycles. The summed E-state index contributed by atoms with van der Waals surface area (Å²) in [6, 6.07) is 9.86. The van der Waals surface area contributed by atoms with Gasteiger partial charge in [-0.25, -0.2) is 0 Å². The minimum Gasteiger partial charge on any atom is -0.492 e. The molecule has 0 saturated heterocycles. The Bertz CT molecular complexity index is 465. The molecule has 0 atom stereocenters. The summed E-state index contributed by atoms with van der Waals surface area (Å²) in [6.45, 7) is 1.04. The average Bonchev–Trinajstić information content (AvgIpc) is 2.73. The van der Waals surface area contributed by atoms with Gasteiger partial charge < -0.3 is 10.5 Å². The third kappa shape index (κ3) is 2.06. The van der Waals surface area contributed by atoms with Gasteiger partial charge in [0, 0.05) is 25.4 Å². The lowest BCUT2D eigenvalue weighted by molar-refractivity contribution is 0.329. The molecule has 0 unspecified atom stereocenters. The molecule has 0 fully saturated rings. The van der Waals surface area contributed by atoms with Crippen LogP contribution in [0.5, 0.6) is 5.75 Å². The lowest BCUT2D eigenvalue weighted by atomic mass is 10.1. The van der Waals surface area contributed by atoms with Crippen LogP contribution in [0.2, 0.25) is 0 Å². The van der Waals surface area contributed by atoms with Crippen LogP contribution in [0, 0.1) is 0 Å². The van der Waals surface area contributed by atoms with E-state index in [1.54, 1.807) is 6.20 Å². The van der Waals surface area contributed by atoms with E-state index in [2.05, 4.69) is 5.10 Å². The minimum absolute atomic E-state index is 0.514. The summed E-state index contributed by atoms with van der Waals surface area (Å²) >= 11 is 0. The van der Waals surface area contributed by atoms with E-state index in [1.807, 2.05) is 42.1 Å². The van der Waals surface area contributed by atoms with Crippen LogP contribution in [-0.2, 0) is 7.05 Å². The smallest absolute Gasteiger partial charge is 0.128 e. The van der Waals surface area contributed by atoms with Gasteiger partial charge in [0.25, 0.3) is 0 Å². The number of nitrogens with two attached hydrogens (primary N) is 1. The van der Waals surface area contributed by atoms with Crippen molar-refractivity contribution < 1.29 is 4.74 Å². The van der Waals surface area contributed by atoms with Crippen LogP contribution in [0.25, 0.3) is 11.3 Å². The van der Waals surface area contributed by atoms with E-state index in [1.165, 1.54) is 0 Å². The van der Waals surface area contributed by atoms with Gasteiger partial charge in [0.1, 0.15) is 12.4 Å². The quantitative estimate of drug-likeness (QED) is 0.842. The number of ether oxygens (including phenoxy) is 1. The molecule has 1 heterocycles. The van der Waals surface area contributed by atoms with E-state index in [0.717, 1.165) is 17.0 Å². The van der Waals surface area contributed by atoms with Crippen LogP contribution in [0.1, 0.15) is 0 Å². The minimum atomic E-state index is 0.514. The van der Waals surface area contributed by atoms with Gasteiger partial charge >= 0.3 is 0 Å². The molecule has 0 aliphatic rings. The molecule has 1 aromatic carbocycles. The normalized spacial score (nSPS) is 10.4. The SMILES string of the molecule is Cn1nccc1-c1ccccc1OCCN. The van der Waals surface area contributed by atoms with Crippen LogP contribution in [0.15, 0.2) is 36.5 Å². The standard InChI is InChI=1S/C12H15N3O/c1-15-11(6-8-14-15)10-4-2-3-5-12(10)16-9-7-13/h2-6,8H,7,9,13H2,1H3. The molecule has 0 radical (unpaired) electrons. The molecule has 2 aromatic rings. The number of hydrogen-bond donors (Lipinski definition) is 1. The van der Waals surface area contributed by atoms with Crippen molar-refractivity contribution >= 4 is 0 Å². The van der Waals surface area contributed by atoms with Crippen LogP contribution >= 0.6 is 0 Å². The average molecular weight is 217 g/mol. The van der Waals surface area contributed by atoms with Crippen LogP contribution in [0.4, 0.5) is 0 Å². The van der Waals surface area contributed by atoms with Gasteiger partial charge in [-0.1, -0.05) is 12.1 Å². The maximum atomic E-state index is 5.60. The van der Waals surface area contributed by atoms with Crippen molar-refractivity contribution in [1.82, 2.24) is 9.78 Å². The highest BCUT2D eigenvalue weighted by atomic mass is 16.5. The number of hydrogen-bond acceptors (Lipinski definition) is 3. The van der Waals surface area contributed by atoms with Crippen molar-refractivity contribution in [3.63, 3.8) is 0 Å². The van der Waals surface area contributed by atoms with Crippen LogP contribution in [-0.4, -0.2) is 22.9 Å². The Kier molecular flexibility index (Phi) is 3.22. The molecule has 0 spiro atoms. The highest BCUT2D eigenvalue weighted by Crippen LogP contribution is 2.28. The third-order valence-corrected chi connectivity index (χ3v) is 2.36. The predicted octanol–water partition coefficient (Wildman–Crippen LogP) is 1.42. The van der Waals surface area contributed by atoms with Crippen molar-refractivity contribution in [3.05, 3.63) is 36.5 Å². The summed E-state index contributed by atoms with van der Waals surface area (Å²) in [5.74, 6) is 0.844. The second-order valence-electron chi connectivity index (χ2n) is 3.47. The molecule has 16 heavy (non-hydrogen) atoms. The molecule has 2 rings (SSSR count). The van der Waals surface area contributed by atoms with E-state index in [9.17, 15) is 0 Å². The first-order chi connectivity index (χ1) is 7.83. The number of nitrogens with zero attached hydrogens (tertiary/aromatic N) is 2. The van der Waals surface area contributed by atoms with Crippen LogP contribution in [0.3, 0.4) is 0 Å². The molecule has 2 N–H and O–H groups in total. The maximum Gasteiger partial charge on any atom is 0.128 e. The first kappa shape index (κ1) is 10.7. The van der Waals surface area contributed by atoms with Gasteiger partial charge in [-0.3, -0.25) is 4.68 Å². The second-order valence-corrected chi connectivity index (χ2v) is 3.47. The lowest BCUT2D eigenvalue weighted by Crippen LogP contribution is -2.11. The molecular formula is C12H15N3O. The monoisotopic (exact) mass is 217 g/mol. The fraction of sp³-hybridized carbons (Fsp3) is 0.250. The zero-order valence-electron chi connectivity index (χ0n) is 9.26. The largest absolute Gasteiger partial charge is 0.492 e. The Labute approximate surface area is 94.6 Å². The topological polar surface area (TPSA) is 53.1 Å². The van der Waals surface area contributed by atoms with Gasteiger partial charge in [-0.15, -0.1) is 0 Å². The zero-order valence-corrected chi connectivity index (χ0v) is 9.26. The molecule has 4 nitrogen and oxygen atoms in total. The lowest BCUT2D eigenvalue weighted by Gasteiger charge is -2.10. The molecule has 84 valence electrons. The van der Waals surface area contributed by atoms with Gasteiger partial charge in [-0.05, 0) is 18.2 Å².